The van der Waals surface area contributed by atoms with Gasteiger partial charge in [-0.3, -0.25) is 4.79 Å². The molecule has 0 saturated carbocycles. The number of carbonyl (C=O) groups is 1. The molecule has 0 aliphatic carbocycles. The number of benzene rings is 2. The monoisotopic (exact) mass is 366 g/mol. The molecule has 2 aromatic carbocycles. The molecule has 1 saturated heterocycles. The third-order valence-corrected chi connectivity index (χ3v) is 5.70. The number of halogens is 2. The smallest absolute Gasteiger partial charge is 0.255 e. The van der Waals surface area contributed by atoms with E-state index >= 15 is 0 Å². The Labute approximate surface area is 144 Å². The first-order valence-corrected chi connectivity index (χ1v) is 9.48. The normalized spacial score (nSPS) is 18.7. The maximum atomic E-state index is 13.2. The second kappa shape index (κ2) is 6.79. The molecule has 2 N–H and O–H groups in total. The van der Waals surface area contributed by atoms with Gasteiger partial charge in [0.1, 0.15) is 0 Å². The molecule has 2 aromatic rings. The van der Waals surface area contributed by atoms with Crippen LogP contribution in [0.3, 0.4) is 0 Å². The molecule has 1 aliphatic heterocycles. The highest BCUT2D eigenvalue weighted by Crippen LogP contribution is 2.20. The Bertz CT molecular complexity index is 899. The minimum Gasteiger partial charge on any atom is -0.381 e. The Balaban J connectivity index is 1.62. The summed E-state index contributed by atoms with van der Waals surface area (Å²) in [4.78, 5) is 12.0. The average molecular weight is 366 g/mol. The SMILES string of the molecule is O=C(Nc1ccc(NC2CCS(=O)(=O)C2)cc1)c1ccc(F)c(F)c1. The number of amides is 1. The first-order chi connectivity index (χ1) is 11.8. The summed E-state index contributed by atoms with van der Waals surface area (Å²) in [5.74, 6) is -2.35. The lowest BCUT2D eigenvalue weighted by Gasteiger charge is -2.13. The summed E-state index contributed by atoms with van der Waals surface area (Å²) in [7, 11) is -2.95. The first-order valence-electron chi connectivity index (χ1n) is 7.66. The van der Waals surface area contributed by atoms with Crippen molar-refractivity contribution in [3.8, 4) is 0 Å². The van der Waals surface area contributed by atoms with Crippen LogP contribution in [0, 0.1) is 11.6 Å². The molecule has 0 spiro atoms. The van der Waals surface area contributed by atoms with Crippen molar-refractivity contribution in [2.75, 3.05) is 22.1 Å². The van der Waals surface area contributed by atoms with Gasteiger partial charge in [-0.15, -0.1) is 0 Å². The summed E-state index contributed by atoms with van der Waals surface area (Å²) in [6.07, 6.45) is 0.566. The Morgan fingerprint density at radius 1 is 1.00 bits per heavy atom. The fourth-order valence-electron chi connectivity index (χ4n) is 2.63. The molecular formula is C17H16F2N2O3S. The quantitative estimate of drug-likeness (QED) is 0.873. The molecule has 3 rings (SSSR count). The zero-order chi connectivity index (χ0) is 18.0. The van der Waals surface area contributed by atoms with Crippen LogP contribution < -0.4 is 10.6 Å². The molecule has 5 nitrogen and oxygen atoms in total. The highest BCUT2D eigenvalue weighted by Gasteiger charge is 2.27. The van der Waals surface area contributed by atoms with Gasteiger partial charge in [0.25, 0.3) is 5.91 Å². The molecule has 25 heavy (non-hydrogen) atoms. The third-order valence-electron chi connectivity index (χ3n) is 3.93. The number of rotatable bonds is 4. The third kappa shape index (κ3) is 4.33. The standard InChI is InChI=1S/C17H16F2N2O3S/c18-15-6-1-11(9-16(15)19)17(22)21-13-4-2-12(3-5-13)20-14-7-8-25(23,24)10-14/h1-6,9,14,20H,7-8,10H2,(H,21,22). The van der Waals surface area contributed by atoms with E-state index in [9.17, 15) is 22.0 Å². The van der Waals surface area contributed by atoms with Crippen LogP contribution in [0.4, 0.5) is 20.2 Å². The molecule has 1 heterocycles. The van der Waals surface area contributed by atoms with Gasteiger partial charge in [0.2, 0.25) is 0 Å². The van der Waals surface area contributed by atoms with Crippen LogP contribution in [0.1, 0.15) is 16.8 Å². The fourth-order valence-corrected chi connectivity index (χ4v) is 4.31. The molecule has 0 aromatic heterocycles. The summed E-state index contributed by atoms with van der Waals surface area (Å²) >= 11 is 0. The van der Waals surface area contributed by atoms with E-state index in [2.05, 4.69) is 10.6 Å². The van der Waals surface area contributed by atoms with Crippen molar-refractivity contribution < 1.29 is 22.0 Å². The fraction of sp³-hybridized carbons (Fsp3) is 0.235. The van der Waals surface area contributed by atoms with E-state index < -0.39 is 27.4 Å². The van der Waals surface area contributed by atoms with Crippen LogP contribution in [-0.2, 0) is 9.84 Å². The maximum absolute atomic E-state index is 13.2. The predicted molar refractivity (Wildman–Crippen MR) is 91.4 cm³/mol. The van der Waals surface area contributed by atoms with E-state index in [1.165, 1.54) is 6.07 Å². The van der Waals surface area contributed by atoms with Gasteiger partial charge >= 0.3 is 0 Å². The number of carbonyl (C=O) groups excluding carboxylic acids is 1. The Hall–Kier alpha value is -2.48. The molecule has 1 aliphatic rings. The van der Waals surface area contributed by atoms with Crippen molar-refractivity contribution in [3.05, 3.63) is 59.7 Å². The van der Waals surface area contributed by atoms with Crippen molar-refractivity contribution in [1.29, 1.82) is 0 Å². The van der Waals surface area contributed by atoms with Crippen LogP contribution in [-0.4, -0.2) is 31.9 Å². The number of anilines is 2. The Morgan fingerprint density at radius 2 is 1.68 bits per heavy atom. The largest absolute Gasteiger partial charge is 0.381 e. The van der Waals surface area contributed by atoms with E-state index in [0.29, 0.717) is 12.1 Å². The zero-order valence-electron chi connectivity index (χ0n) is 13.1. The molecule has 1 fully saturated rings. The minimum absolute atomic E-state index is 0.0114. The van der Waals surface area contributed by atoms with Crippen molar-refractivity contribution >= 4 is 27.1 Å². The second-order valence-corrected chi connectivity index (χ2v) is 8.13. The van der Waals surface area contributed by atoms with Gasteiger partial charge in [0.15, 0.2) is 21.5 Å². The van der Waals surface area contributed by atoms with Crippen molar-refractivity contribution in [2.24, 2.45) is 0 Å². The number of hydrogen-bond donors (Lipinski definition) is 2. The van der Waals surface area contributed by atoms with Crippen LogP contribution in [0.2, 0.25) is 0 Å². The van der Waals surface area contributed by atoms with Gasteiger partial charge in [-0.1, -0.05) is 0 Å². The molecule has 0 radical (unpaired) electrons. The average Bonchev–Trinajstić information content (AvgIpc) is 2.90. The van der Waals surface area contributed by atoms with E-state index in [1.807, 2.05) is 0 Å². The van der Waals surface area contributed by atoms with Crippen molar-refractivity contribution in [1.82, 2.24) is 0 Å². The molecule has 1 amide bonds. The minimum atomic E-state index is -2.95. The maximum Gasteiger partial charge on any atom is 0.255 e. The van der Waals surface area contributed by atoms with Gasteiger partial charge in [0.05, 0.1) is 11.5 Å². The predicted octanol–water partition coefficient (Wildman–Crippen LogP) is 2.82. The summed E-state index contributed by atoms with van der Waals surface area (Å²) in [6, 6.07) is 9.52. The second-order valence-electron chi connectivity index (χ2n) is 5.90. The molecular weight excluding hydrogens is 350 g/mol. The van der Waals surface area contributed by atoms with Crippen LogP contribution in [0.15, 0.2) is 42.5 Å². The number of nitrogens with one attached hydrogen (secondary N) is 2. The highest BCUT2D eigenvalue weighted by atomic mass is 32.2. The molecule has 1 unspecified atom stereocenters. The van der Waals surface area contributed by atoms with Crippen LogP contribution >= 0.6 is 0 Å². The van der Waals surface area contributed by atoms with Gasteiger partial charge < -0.3 is 10.6 Å². The van der Waals surface area contributed by atoms with Gasteiger partial charge in [-0.05, 0) is 48.9 Å². The Kier molecular flexibility index (Phi) is 4.71. The molecule has 1 atom stereocenters. The van der Waals surface area contributed by atoms with Gasteiger partial charge in [-0.25, -0.2) is 17.2 Å². The van der Waals surface area contributed by atoms with Crippen LogP contribution in [0.5, 0.6) is 0 Å². The lowest BCUT2D eigenvalue weighted by Crippen LogP contribution is -2.20. The van der Waals surface area contributed by atoms with Gasteiger partial charge in [-0.2, -0.15) is 0 Å². The van der Waals surface area contributed by atoms with Crippen molar-refractivity contribution in [2.45, 2.75) is 12.5 Å². The first kappa shape index (κ1) is 17.3. The van der Waals surface area contributed by atoms with Gasteiger partial charge in [0, 0.05) is 23.0 Å². The molecule has 0 bridgehead atoms. The highest BCUT2D eigenvalue weighted by molar-refractivity contribution is 7.91. The van der Waals surface area contributed by atoms with E-state index in [0.717, 1.165) is 17.8 Å². The summed E-state index contributed by atoms with van der Waals surface area (Å²) < 4.78 is 49.0. The zero-order valence-corrected chi connectivity index (χ0v) is 13.9. The molecule has 132 valence electrons. The van der Waals surface area contributed by atoms with Crippen LogP contribution in [0.25, 0.3) is 0 Å². The lowest BCUT2D eigenvalue weighted by atomic mass is 10.2. The van der Waals surface area contributed by atoms with Crippen molar-refractivity contribution in [3.63, 3.8) is 0 Å². The topological polar surface area (TPSA) is 75.3 Å². The number of sulfone groups is 1. The lowest BCUT2D eigenvalue weighted by molar-refractivity contribution is 0.102. The summed E-state index contributed by atoms with van der Waals surface area (Å²) in [5, 5.41) is 5.73. The number of hydrogen-bond acceptors (Lipinski definition) is 4. The van der Waals surface area contributed by atoms with E-state index in [-0.39, 0.29) is 23.1 Å². The summed E-state index contributed by atoms with van der Waals surface area (Å²) in [5.41, 5.74) is 1.24. The Morgan fingerprint density at radius 3 is 2.28 bits per heavy atom. The van der Waals surface area contributed by atoms with E-state index in [1.54, 1.807) is 24.3 Å². The van der Waals surface area contributed by atoms with E-state index in [4.69, 9.17) is 0 Å². The summed E-state index contributed by atoms with van der Waals surface area (Å²) in [6.45, 7) is 0. The molecule has 8 heteroatoms.